The molecule has 0 spiro atoms. The first kappa shape index (κ1) is 15.2. The molecule has 0 saturated heterocycles. The van der Waals surface area contributed by atoms with Gasteiger partial charge in [-0.1, -0.05) is 19.1 Å². The molecule has 0 bridgehead atoms. The van der Waals surface area contributed by atoms with E-state index in [1.165, 1.54) is 0 Å². The summed E-state index contributed by atoms with van der Waals surface area (Å²) >= 11 is 0. The number of unbranched alkanes of at least 4 members (excludes halogenated alkanes) is 1. The summed E-state index contributed by atoms with van der Waals surface area (Å²) in [5.74, 6) is 0.179. The molecule has 1 amide bonds. The minimum Gasteiger partial charge on any atom is -0.350 e. The van der Waals surface area contributed by atoms with E-state index in [2.05, 4.69) is 45.5 Å². The molecule has 3 heteroatoms. The lowest BCUT2D eigenvalue weighted by molar-refractivity contribution is -0.869. The summed E-state index contributed by atoms with van der Waals surface area (Å²) in [7, 11) is 6.38. The Hall–Kier alpha value is -0.830. The monoisotopic (exact) mass is 227 g/mol. The number of carbonyl (C=O) groups is 1. The first-order valence-electron chi connectivity index (χ1n) is 6.18. The van der Waals surface area contributed by atoms with E-state index in [9.17, 15) is 4.79 Å². The number of nitrogens with one attached hydrogen (secondary N) is 1. The van der Waals surface area contributed by atoms with Gasteiger partial charge in [0.1, 0.15) is 0 Å². The Morgan fingerprint density at radius 1 is 1.25 bits per heavy atom. The second-order valence-electron chi connectivity index (χ2n) is 5.14. The number of hydrogen-bond acceptors (Lipinski definition) is 1. The van der Waals surface area contributed by atoms with Crippen LogP contribution >= 0.6 is 0 Å². The zero-order valence-electron chi connectivity index (χ0n) is 11.3. The quantitative estimate of drug-likeness (QED) is 0.383. The standard InChI is InChI=1S/C13H26N2O/c1-5-6-7-8-9-10-13(16)14-11-12-15(2,3)4/h6-7H,5,8-12H2,1-4H3/p+1/b7-6+. The number of likely N-dealkylation sites (N-methyl/N-ethyl adjacent to an activating group) is 1. The zero-order chi connectivity index (χ0) is 12.4. The molecule has 1 N–H and O–H groups in total. The fraction of sp³-hybridized carbons (Fsp3) is 0.769. The number of carbonyl (C=O) groups excluding carboxylic acids is 1. The van der Waals surface area contributed by atoms with Gasteiger partial charge >= 0.3 is 0 Å². The zero-order valence-corrected chi connectivity index (χ0v) is 11.3. The lowest BCUT2D eigenvalue weighted by atomic mass is 10.2. The highest BCUT2D eigenvalue weighted by atomic mass is 16.1. The topological polar surface area (TPSA) is 29.1 Å². The van der Waals surface area contributed by atoms with Crippen molar-refractivity contribution in [2.24, 2.45) is 0 Å². The van der Waals surface area contributed by atoms with E-state index in [4.69, 9.17) is 0 Å². The van der Waals surface area contributed by atoms with Crippen LogP contribution in [-0.2, 0) is 4.79 Å². The number of rotatable bonds is 8. The molecular weight excluding hydrogens is 200 g/mol. The maximum Gasteiger partial charge on any atom is 0.220 e. The third-order valence-electron chi connectivity index (χ3n) is 2.28. The van der Waals surface area contributed by atoms with Gasteiger partial charge in [-0.05, 0) is 19.3 Å². The molecule has 0 heterocycles. The average molecular weight is 227 g/mol. The summed E-state index contributed by atoms with van der Waals surface area (Å²) in [5.41, 5.74) is 0. The molecule has 0 aromatic carbocycles. The Bertz CT molecular complexity index is 216. The second-order valence-corrected chi connectivity index (χ2v) is 5.14. The molecule has 0 aromatic rings. The van der Waals surface area contributed by atoms with E-state index in [0.717, 1.165) is 36.8 Å². The predicted octanol–water partition coefficient (Wildman–Crippen LogP) is 1.95. The van der Waals surface area contributed by atoms with Gasteiger partial charge in [0, 0.05) is 6.42 Å². The maximum atomic E-state index is 11.4. The molecule has 94 valence electrons. The second kappa shape index (κ2) is 8.34. The van der Waals surface area contributed by atoms with Crippen LogP contribution in [0.5, 0.6) is 0 Å². The summed E-state index contributed by atoms with van der Waals surface area (Å²) in [4.78, 5) is 11.4. The van der Waals surface area contributed by atoms with Gasteiger partial charge in [-0.25, -0.2) is 0 Å². The minimum atomic E-state index is 0.179. The molecule has 0 radical (unpaired) electrons. The third kappa shape index (κ3) is 11.2. The molecule has 0 fully saturated rings. The molecule has 0 saturated carbocycles. The first-order valence-corrected chi connectivity index (χ1v) is 6.18. The van der Waals surface area contributed by atoms with Gasteiger partial charge in [0.15, 0.2) is 0 Å². The van der Waals surface area contributed by atoms with Crippen LogP contribution in [0.1, 0.15) is 32.6 Å². The van der Waals surface area contributed by atoms with Crippen molar-refractivity contribution in [1.82, 2.24) is 5.32 Å². The van der Waals surface area contributed by atoms with Crippen LogP contribution in [0.2, 0.25) is 0 Å². The molecule has 0 atom stereocenters. The Morgan fingerprint density at radius 3 is 2.50 bits per heavy atom. The van der Waals surface area contributed by atoms with Crippen molar-refractivity contribution in [3.05, 3.63) is 12.2 Å². The fourth-order valence-electron chi connectivity index (χ4n) is 1.28. The molecule has 0 unspecified atom stereocenters. The highest BCUT2D eigenvalue weighted by molar-refractivity contribution is 5.75. The summed E-state index contributed by atoms with van der Waals surface area (Å²) in [5, 5.41) is 2.95. The number of quaternary nitrogens is 1. The van der Waals surface area contributed by atoms with Crippen molar-refractivity contribution >= 4 is 5.91 Å². The lowest BCUT2D eigenvalue weighted by Crippen LogP contribution is -2.41. The third-order valence-corrected chi connectivity index (χ3v) is 2.28. The number of hydrogen-bond donors (Lipinski definition) is 1. The van der Waals surface area contributed by atoms with E-state index in [1.54, 1.807) is 0 Å². The van der Waals surface area contributed by atoms with Crippen molar-refractivity contribution in [2.75, 3.05) is 34.2 Å². The molecule has 0 aliphatic heterocycles. The molecule has 16 heavy (non-hydrogen) atoms. The van der Waals surface area contributed by atoms with Crippen LogP contribution in [0.4, 0.5) is 0 Å². The smallest absolute Gasteiger partial charge is 0.220 e. The van der Waals surface area contributed by atoms with E-state index >= 15 is 0 Å². The Balaban J connectivity index is 3.42. The van der Waals surface area contributed by atoms with Gasteiger partial charge in [0.25, 0.3) is 0 Å². The molecule has 0 aliphatic rings. The van der Waals surface area contributed by atoms with E-state index < -0.39 is 0 Å². The first-order chi connectivity index (χ1) is 7.45. The largest absolute Gasteiger partial charge is 0.350 e. The van der Waals surface area contributed by atoms with Crippen LogP contribution in [0.25, 0.3) is 0 Å². The number of amides is 1. The Morgan fingerprint density at radius 2 is 1.94 bits per heavy atom. The molecule has 0 aliphatic carbocycles. The van der Waals surface area contributed by atoms with Crippen LogP contribution in [0, 0.1) is 0 Å². The molecule has 0 aromatic heterocycles. The summed E-state index contributed by atoms with van der Waals surface area (Å²) < 4.78 is 0.888. The molecular formula is C13H27N2O+. The fourth-order valence-corrected chi connectivity index (χ4v) is 1.28. The van der Waals surface area contributed by atoms with Crippen LogP contribution in [0.15, 0.2) is 12.2 Å². The van der Waals surface area contributed by atoms with Crippen molar-refractivity contribution in [2.45, 2.75) is 32.6 Å². The molecule has 3 nitrogen and oxygen atoms in total. The van der Waals surface area contributed by atoms with Crippen molar-refractivity contribution in [3.8, 4) is 0 Å². The predicted molar refractivity (Wildman–Crippen MR) is 69.2 cm³/mol. The summed E-state index contributed by atoms with van der Waals surface area (Å²) in [6.07, 6.45) is 7.98. The number of allylic oxidation sites excluding steroid dienone is 2. The van der Waals surface area contributed by atoms with Gasteiger partial charge < -0.3 is 9.80 Å². The van der Waals surface area contributed by atoms with Gasteiger partial charge in [-0.3, -0.25) is 4.79 Å². The maximum absolute atomic E-state index is 11.4. The minimum absolute atomic E-state index is 0.179. The molecule has 0 rings (SSSR count). The van der Waals surface area contributed by atoms with Crippen molar-refractivity contribution < 1.29 is 9.28 Å². The van der Waals surface area contributed by atoms with Gasteiger partial charge in [-0.15, -0.1) is 0 Å². The van der Waals surface area contributed by atoms with E-state index in [1.807, 2.05) is 0 Å². The lowest BCUT2D eigenvalue weighted by Gasteiger charge is -2.23. The Kier molecular flexibility index (Phi) is 7.90. The van der Waals surface area contributed by atoms with Crippen molar-refractivity contribution in [1.29, 1.82) is 0 Å². The van der Waals surface area contributed by atoms with Crippen LogP contribution in [-0.4, -0.2) is 44.6 Å². The van der Waals surface area contributed by atoms with E-state index in [0.29, 0.717) is 6.42 Å². The van der Waals surface area contributed by atoms with Gasteiger partial charge in [-0.2, -0.15) is 0 Å². The van der Waals surface area contributed by atoms with E-state index in [-0.39, 0.29) is 5.91 Å². The summed E-state index contributed by atoms with van der Waals surface area (Å²) in [6.45, 7) is 3.86. The SMILES string of the molecule is CC/C=C/CCCC(=O)NCC[N+](C)(C)C. The van der Waals surface area contributed by atoms with Crippen LogP contribution < -0.4 is 5.32 Å². The normalized spacial score (nSPS) is 12.0. The van der Waals surface area contributed by atoms with Crippen molar-refractivity contribution in [3.63, 3.8) is 0 Å². The van der Waals surface area contributed by atoms with Gasteiger partial charge in [0.05, 0.1) is 34.2 Å². The van der Waals surface area contributed by atoms with Crippen LogP contribution in [0.3, 0.4) is 0 Å². The summed E-state index contributed by atoms with van der Waals surface area (Å²) in [6, 6.07) is 0. The van der Waals surface area contributed by atoms with Gasteiger partial charge in [0.2, 0.25) is 5.91 Å². The average Bonchev–Trinajstić information content (AvgIpc) is 2.15. The Labute approximate surface area is 100 Å². The highest BCUT2D eigenvalue weighted by Crippen LogP contribution is 1.97. The highest BCUT2D eigenvalue weighted by Gasteiger charge is 2.07. The number of nitrogens with zero attached hydrogens (tertiary/aromatic N) is 1.